The summed E-state index contributed by atoms with van der Waals surface area (Å²) < 4.78 is 16.1. The Hall–Kier alpha value is -2.69. The van der Waals surface area contributed by atoms with Crippen LogP contribution in [0.4, 0.5) is 5.69 Å². The summed E-state index contributed by atoms with van der Waals surface area (Å²) in [6.45, 7) is 0.466. The van der Waals surface area contributed by atoms with Gasteiger partial charge in [0.1, 0.15) is 0 Å². The van der Waals surface area contributed by atoms with Gasteiger partial charge in [-0.05, 0) is 48.2 Å². The van der Waals surface area contributed by atoms with Crippen LogP contribution in [0.3, 0.4) is 0 Å². The number of carbonyl (C=O) groups excluding carboxylic acids is 1. The number of methoxy groups -OCH3 is 2. The van der Waals surface area contributed by atoms with Gasteiger partial charge in [0.15, 0.2) is 11.5 Å². The Bertz CT molecular complexity index is 785. The molecule has 0 aromatic heterocycles. The van der Waals surface area contributed by atoms with Crippen molar-refractivity contribution in [1.82, 2.24) is 0 Å². The topological polar surface area (TPSA) is 48.0 Å². The van der Waals surface area contributed by atoms with Gasteiger partial charge in [-0.15, -0.1) is 0 Å². The molecule has 1 aliphatic heterocycles. The highest BCUT2D eigenvalue weighted by molar-refractivity contribution is 5.75. The number of hydrogen-bond acceptors (Lipinski definition) is 5. The lowest BCUT2D eigenvalue weighted by molar-refractivity contribution is -0.141. The van der Waals surface area contributed by atoms with Gasteiger partial charge in [0, 0.05) is 25.7 Å². The minimum Gasteiger partial charge on any atom is -0.493 e. The fourth-order valence-corrected chi connectivity index (χ4v) is 3.55. The molecule has 2 aromatic carbocycles. The van der Waals surface area contributed by atoms with Crippen molar-refractivity contribution in [3.05, 3.63) is 53.6 Å². The van der Waals surface area contributed by atoms with Gasteiger partial charge in [-0.3, -0.25) is 4.79 Å². The summed E-state index contributed by atoms with van der Waals surface area (Å²) in [7, 11) is 7.29. The Balaban J connectivity index is 1.72. The fraction of sp³-hybridized carbons (Fsp3) is 0.409. The molecule has 0 amide bonds. The monoisotopic (exact) mass is 369 g/mol. The molecule has 1 saturated heterocycles. The SMILES string of the molecule is COc1ccc(CC2COC(=O)C2Cc2ccc(N(C)C)cc2)cc1OC. The maximum Gasteiger partial charge on any atom is 0.309 e. The molecule has 0 bridgehead atoms. The predicted octanol–water partition coefficient (Wildman–Crippen LogP) is 3.34. The summed E-state index contributed by atoms with van der Waals surface area (Å²) in [5.74, 6) is 1.35. The number of esters is 1. The maximum atomic E-state index is 12.3. The van der Waals surface area contributed by atoms with E-state index in [2.05, 4.69) is 29.2 Å². The van der Waals surface area contributed by atoms with Crippen molar-refractivity contribution >= 4 is 11.7 Å². The van der Waals surface area contributed by atoms with Gasteiger partial charge in [0.2, 0.25) is 0 Å². The van der Waals surface area contributed by atoms with Gasteiger partial charge < -0.3 is 19.1 Å². The lowest BCUT2D eigenvalue weighted by Gasteiger charge is -2.17. The van der Waals surface area contributed by atoms with Gasteiger partial charge in [-0.25, -0.2) is 0 Å². The van der Waals surface area contributed by atoms with E-state index in [0.717, 1.165) is 23.2 Å². The highest BCUT2D eigenvalue weighted by atomic mass is 16.5. The van der Waals surface area contributed by atoms with Crippen LogP contribution in [0.2, 0.25) is 0 Å². The molecule has 2 aromatic rings. The lowest BCUT2D eigenvalue weighted by atomic mass is 9.85. The molecule has 0 radical (unpaired) electrons. The number of carbonyl (C=O) groups is 1. The predicted molar refractivity (Wildman–Crippen MR) is 106 cm³/mol. The molecule has 0 N–H and O–H groups in total. The van der Waals surface area contributed by atoms with E-state index in [1.165, 1.54) is 0 Å². The van der Waals surface area contributed by atoms with Gasteiger partial charge >= 0.3 is 5.97 Å². The zero-order valence-corrected chi connectivity index (χ0v) is 16.4. The van der Waals surface area contributed by atoms with Crippen molar-refractivity contribution in [3.8, 4) is 11.5 Å². The van der Waals surface area contributed by atoms with Crippen molar-refractivity contribution in [3.63, 3.8) is 0 Å². The zero-order valence-electron chi connectivity index (χ0n) is 16.4. The summed E-state index contributed by atoms with van der Waals surface area (Å²) >= 11 is 0. The van der Waals surface area contributed by atoms with E-state index in [4.69, 9.17) is 14.2 Å². The molecule has 0 saturated carbocycles. The third kappa shape index (κ3) is 4.35. The molecule has 27 heavy (non-hydrogen) atoms. The van der Waals surface area contributed by atoms with Crippen molar-refractivity contribution in [1.29, 1.82) is 0 Å². The van der Waals surface area contributed by atoms with Gasteiger partial charge in [0.05, 0.1) is 26.7 Å². The van der Waals surface area contributed by atoms with Crippen molar-refractivity contribution in [2.75, 3.05) is 39.8 Å². The molecule has 0 spiro atoms. The molecule has 2 atom stereocenters. The Morgan fingerprint density at radius 3 is 2.26 bits per heavy atom. The minimum absolute atomic E-state index is 0.0998. The van der Waals surface area contributed by atoms with E-state index < -0.39 is 0 Å². The first-order chi connectivity index (χ1) is 13.0. The third-order valence-electron chi connectivity index (χ3n) is 5.17. The van der Waals surface area contributed by atoms with Crippen LogP contribution >= 0.6 is 0 Å². The number of benzene rings is 2. The number of nitrogens with zero attached hydrogens (tertiary/aromatic N) is 1. The van der Waals surface area contributed by atoms with E-state index >= 15 is 0 Å². The van der Waals surface area contributed by atoms with E-state index in [-0.39, 0.29) is 17.8 Å². The van der Waals surface area contributed by atoms with Crippen LogP contribution in [0, 0.1) is 11.8 Å². The van der Waals surface area contributed by atoms with Crippen LogP contribution in [0.25, 0.3) is 0 Å². The quantitative estimate of drug-likeness (QED) is 0.701. The maximum absolute atomic E-state index is 12.3. The zero-order chi connectivity index (χ0) is 19.4. The summed E-state index contributed by atoms with van der Waals surface area (Å²) in [4.78, 5) is 14.4. The lowest BCUT2D eigenvalue weighted by Crippen LogP contribution is -2.20. The third-order valence-corrected chi connectivity index (χ3v) is 5.17. The van der Waals surface area contributed by atoms with Crippen LogP contribution in [0.5, 0.6) is 11.5 Å². The Kier molecular flexibility index (Phi) is 5.89. The summed E-state index contributed by atoms with van der Waals surface area (Å²) in [6.07, 6.45) is 1.47. The first-order valence-electron chi connectivity index (χ1n) is 9.15. The average Bonchev–Trinajstić information content (AvgIpc) is 3.01. The van der Waals surface area contributed by atoms with Crippen LogP contribution < -0.4 is 14.4 Å². The average molecular weight is 369 g/mol. The largest absolute Gasteiger partial charge is 0.493 e. The van der Waals surface area contributed by atoms with E-state index in [9.17, 15) is 4.79 Å². The fourth-order valence-electron chi connectivity index (χ4n) is 3.55. The first-order valence-corrected chi connectivity index (χ1v) is 9.15. The van der Waals surface area contributed by atoms with E-state index in [0.29, 0.717) is 24.5 Å². The minimum atomic E-state index is -0.122. The molecule has 5 heteroatoms. The molecule has 1 fully saturated rings. The second kappa shape index (κ2) is 8.33. The van der Waals surface area contributed by atoms with E-state index in [1.807, 2.05) is 32.3 Å². The van der Waals surface area contributed by atoms with Gasteiger partial charge in [-0.1, -0.05) is 18.2 Å². The van der Waals surface area contributed by atoms with Crippen molar-refractivity contribution in [2.45, 2.75) is 12.8 Å². The van der Waals surface area contributed by atoms with Crippen molar-refractivity contribution < 1.29 is 19.0 Å². The summed E-state index contributed by atoms with van der Waals surface area (Å²) in [6, 6.07) is 14.2. The van der Waals surface area contributed by atoms with Crippen LogP contribution in [-0.2, 0) is 22.4 Å². The molecular formula is C22H27NO4. The van der Waals surface area contributed by atoms with Crippen LogP contribution in [0.15, 0.2) is 42.5 Å². The molecule has 3 rings (SSSR count). The molecular weight excluding hydrogens is 342 g/mol. The molecule has 1 heterocycles. The number of cyclic esters (lactones) is 1. The van der Waals surface area contributed by atoms with Gasteiger partial charge in [0.25, 0.3) is 0 Å². The van der Waals surface area contributed by atoms with Crippen LogP contribution in [0.1, 0.15) is 11.1 Å². The molecule has 144 valence electrons. The molecule has 0 aliphatic carbocycles. The molecule has 2 unspecified atom stereocenters. The second-order valence-electron chi connectivity index (χ2n) is 7.16. The Morgan fingerprint density at radius 1 is 0.963 bits per heavy atom. The normalized spacial score (nSPS) is 18.9. The van der Waals surface area contributed by atoms with Gasteiger partial charge in [-0.2, -0.15) is 0 Å². The first kappa shape index (κ1) is 19.1. The second-order valence-corrected chi connectivity index (χ2v) is 7.16. The number of hydrogen-bond donors (Lipinski definition) is 0. The molecule has 1 aliphatic rings. The smallest absolute Gasteiger partial charge is 0.309 e. The number of ether oxygens (including phenoxy) is 3. The summed E-state index contributed by atoms with van der Waals surface area (Å²) in [5.41, 5.74) is 3.42. The summed E-state index contributed by atoms with van der Waals surface area (Å²) in [5, 5.41) is 0. The van der Waals surface area contributed by atoms with Crippen LogP contribution in [-0.4, -0.2) is 40.9 Å². The Labute approximate surface area is 160 Å². The van der Waals surface area contributed by atoms with E-state index in [1.54, 1.807) is 14.2 Å². The standard InChI is InChI=1S/C22H27NO4/c1-23(2)18-8-5-15(6-9-18)12-19-17(14-27-22(19)24)11-16-7-10-20(25-3)21(13-16)26-4/h5-10,13,17,19H,11-12,14H2,1-4H3. The van der Waals surface area contributed by atoms with Crippen molar-refractivity contribution in [2.24, 2.45) is 11.8 Å². The highest BCUT2D eigenvalue weighted by Gasteiger charge is 2.36. The number of rotatable bonds is 7. The molecule has 5 nitrogen and oxygen atoms in total. The number of anilines is 1. The highest BCUT2D eigenvalue weighted by Crippen LogP contribution is 2.33. The Morgan fingerprint density at radius 2 is 1.63 bits per heavy atom.